The van der Waals surface area contributed by atoms with Crippen LogP contribution in [-0.2, 0) is 18.4 Å². The summed E-state index contributed by atoms with van der Waals surface area (Å²) in [5, 5.41) is 13.7. The number of aromatic nitrogens is 2. The van der Waals surface area contributed by atoms with Gasteiger partial charge in [-0.05, 0) is 19.8 Å². The van der Waals surface area contributed by atoms with Gasteiger partial charge in [0, 0.05) is 31.7 Å². The molecular formula is C12H18ClN3O2. The number of hydrogen-bond acceptors (Lipinski definition) is 3. The summed E-state index contributed by atoms with van der Waals surface area (Å²) >= 11 is 6.20. The Labute approximate surface area is 111 Å². The first-order chi connectivity index (χ1) is 8.49. The maximum absolute atomic E-state index is 10.7. The van der Waals surface area contributed by atoms with E-state index < -0.39 is 5.97 Å². The summed E-state index contributed by atoms with van der Waals surface area (Å²) in [4.78, 5) is 12.9. The van der Waals surface area contributed by atoms with E-state index in [0.29, 0.717) is 24.3 Å². The summed E-state index contributed by atoms with van der Waals surface area (Å²) in [6, 6.07) is 0.514. The Balaban J connectivity index is 2.06. The molecule has 0 unspecified atom stereocenters. The second-order valence-corrected chi connectivity index (χ2v) is 5.18. The predicted molar refractivity (Wildman–Crippen MR) is 68.6 cm³/mol. The van der Waals surface area contributed by atoms with Crippen LogP contribution in [0.25, 0.3) is 0 Å². The molecule has 18 heavy (non-hydrogen) atoms. The molecule has 1 aliphatic carbocycles. The Morgan fingerprint density at radius 1 is 1.61 bits per heavy atom. The summed E-state index contributed by atoms with van der Waals surface area (Å²) < 4.78 is 1.66. The van der Waals surface area contributed by atoms with Gasteiger partial charge in [0.05, 0.1) is 12.1 Å². The van der Waals surface area contributed by atoms with Crippen LogP contribution in [0.15, 0.2) is 0 Å². The second-order valence-electron chi connectivity index (χ2n) is 4.82. The maximum Gasteiger partial charge on any atom is 0.304 e. The van der Waals surface area contributed by atoms with Crippen LogP contribution >= 0.6 is 11.6 Å². The third-order valence-corrected chi connectivity index (χ3v) is 3.78. The zero-order valence-electron chi connectivity index (χ0n) is 10.7. The lowest BCUT2D eigenvalue weighted by atomic mass is 10.2. The second kappa shape index (κ2) is 5.28. The number of nitrogens with zero attached hydrogens (tertiary/aromatic N) is 3. The minimum Gasteiger partial charge on any atom is -0.481 e. The highest BCUT2D eigenvalue weighted by atomic mass is 35.5. The monoisotopic (exact) mass is 271 g/mol. The minimum absolute atomic E-state index is 0.174. The first-order valence-corrected chi connectivity index (χ1v) is 6.50. The van der Waals surface area contributed by atoms with Crippen LogP contribution in [0.1, 0.15) is 30.5 Å². The zero-order chi connectivity index (χ0) is 13.3. The average Bonchev–Trinajstić information content (AvgIpc) is 3.08. The molecule has 1 N–H and O–H groups in total. The Hall–Kier alpha value is -1.07. The molecule has 1 fully saturated rings. The fourth-order valence-corrected chi connectivity index (χ4v) is 2.36. The molecule has 5 nitrogen and oxygen atoms in total. The number of carboxylic acid groups (broad SMARTS) is 1. The van der Waals surface area contributed by atoms with Crippen molar-refractivity contribution in [2.75, 3.05) is 6.54 Å². The fourth-order valence-electron chi connectivity index (χ4n) is 2.13. The highest BCUT2D eigenvalue weighted by Crippen LogP contribution is 2.30. The normalized spacial score (nSPS) is 15.3. The first kappa shape index (κ1) is 13.4. The van der Waals surface area contributed by atoms with Crippen LogP contribution in [0, 0.1) is 6.92 Å². The molecule has 2 rings (SSSR count). The van der Waals surface area contributed by atoms with Gasteiger partial charge in [-0.25, -0.2) is 0 Å². The van der Waals surface area contributed by atoms with Gasteiger partial charge in [-0.3, -0.25) is 14.4 Å². The van der Waals surface area contributed by atoms with E-state index in [1.807, 2.05) is 14.0 Å². The van der Waals surface area contributed by atoms with Gasteiger partial charge >= 0.3 is 5.97 Å². The highest BCUT2D eigenvalue weighted by molar-refractivity contribution is 6.30. The van der Waals surface area contributed by atoms with Crippen LogP contribution < -0.4 is 0 Å². The van der Waals surface area contributed by atoms with Crippen molar-refractivity contribution in [2.45, 2.75) is 38.8 Å². The van der Waals surface area contributed by atoms with Crippen molar-refractivity contribution in [1.82, 2.24) is 14.7 Å². The first-order valence-electron chi connectivity index (χ1n) is 6.13. The van der Waals surface area contributed by atoms with Gasteiger partial charge in [0.2, 0.25) is 0 Å². The molecule has 0 amide bonds. The molecule has 0 atom stereocenters. The van der Waals surface area contributed by atoms with Crippen LogP contribution in [0.3, 0.4) is 0 Å². The van der Waals surface area contributed by atoms with E-state index in [4.69, 9.17) is 16.7 Å². The molecule has 0 spiro atoms. The molecule has 0 radical (unpaired) electrons. The number of aryl methyl sites for hydroxylation is 2. The summed E-state index contributed by atoms with van der Waals surface area (Å²) in [7, 11) is 1.82. The van der Waals surface area contributed by atoms with Crippen LogP contribution in [-0.4, -0.2) is 38.3 Å². The average molecular weight is 272 g/mol. The molecule has 1 aromatic rings. The topological polar surface area (TPSA) is 58.4 Å². The number of carboxylic acids is 1. The molecule has 0 bridgehead atoms. The molecule has 1 aliphatic rings. The number of aliphatic carboxylic acids is 1. The lowest BCUT2D eigenvalue weighted by molar-refractivity contribution is -0.137. The van der Waals surface area contributed by atoms with E-state index in [1.54, 1.807) is 4.68 Å². The standard InChI is InChI=1S/C12H18ClN3O2/c1-8-10(12(13)15(2)14-8)7-16(9-3-4-9)6-5-11(17)18/h9H,3-7H2,1-2H3,(H,17,18). The predicted octanol–water partition coefficient (Wildman–Crippen LogP) is 1.82. The van der Waals surface area contributed by atoms with E-state index >= 15 is 0 Å². The Morgan fingerprint density at radius 2 is 2.28 bits per heavy atom. The van der Waals surface area contributed by atoms with E-state index in [-0.39, 0.29) is 6.42 Å². The molecule has 1 heterocycles. The maximum atomic E-state index is 10.7. The summed E-state index contributed by atoms with van der Waals surface area (Å²) in [6.07, 6.45) is 2.47. The molecule has 0 saturated heterocycles. The summed E-state index contributed by atoms with van der Waals surface area (Å²) in [5.41, 5.74) is 1.93. The molecule has 6 heteroatoms. The van der Waals surface area contributed by atoms with Crippen molar-refractivity contribution in [3.63, 3.8) is 0 Å². The minimum atomic E-state index is -0.755. The van der Waals surface area contributed by atoms with Crippen molar-refractivity contribution in [1.29, 1.82) is 0 Å². The van der Waals surface area contributed by atoms with E-state index in [0.717, 1.165) is 24.1 Å². The van der Waals surface area contributed by atoms with E-state index in [1.165, 1.54) is 0 Å². The van der Waals surface area contributed by atoms with Crippen LogP contribution in [0.2, 0.25) is 5.15 Å². The highest BCUT2D eigenvalue weighted by Gasteiger charge is 2.30. The zero-order valence-corrected chi connectivity index (χ0v) is 11.4. The van der Waals surface area contributed by atoms with Gasteiger partial charge in [0.25, 0.3) is 0 Å². The van der Waals surface area contributed by atoms with Crippen molar-refractivity contribution < 1.29 is 9.90 Å². The smallest absolute Gasteiger partial charge is 0.304 e. The van der Waals surface area contributed by atoms with Gasteiger partial charge in [-0.15, -0.1) is 0 Å². The number of carbonyl (C=O) groups is 1. The Bertz CT molecular complexity index is 454. The van der Waals surface area contributed by atoms with Gasteiger partial charge in [0.15, 0.2) is 0 Å². The van der Waals surface area contributed by atoms with Crippen molar-refractivity contribution in [3.05, 3.63) is 16.4 Å². The SMILES string of the molecule is Cc1nn(C)c(Cl)c1CN(CCC(=O)O)C1CC1. The van der Waals surface area contributed by atoms with Crippen LogP contribution in [0.5, 0.6) is 0 Å². The summed E-state index contributed by atoms with van der Waals surface area (Å²) in [5.74, 6) is -0.755. The van der Waals surface area contributed by atoms with Crippen LogP contribution in [0.4, 0.5) is 0 Å². The van der Waals surface area contributed by atoms with Crippen molar-refractivity contribution in [3.8, 4) is 0 Å². The lowest BCUT2D eigenvalue weighted by Crippen LogP contribution is -2.28. The van der Waals surface area contributed by atoms with E-state index in [2.05, 4.69) is 10.00 Å². The van der Waals surface area contributed by atoms with Crippen molar-refractivity contribution in [2.24, 2.45) is 7.05 Å². The lowest BCUT2D eigenvalue weighted by Gasteiger charge is -2.20. The quantitative estimate of drug-likeness (QED) is 0.857. The number of hydrogen-bond donors (Lipinski definition) is 1. The van der Waals surface area contributed by atoms with Gasteiger partial charge in [-0.2, -0.15) is 5.10 Å². The van der Waals surface area contributed by atoms with Gasteiger partial charge in [-0.1, -0.05) is 11.6 Å². The molecular weight excluding hydrogens is 254 g/mol. The fraction of sp³-hybridized carbons (Fsp3) is 0.667. The van der Waals surface area contributed by atoms with Gasteiger partial charge < -0.3 is 5.11 Å². The molecule has 100 valence electrons. The Morgan fingerprint density at radius 3 is 2.72 bits per heavy atom. The molecule has 0 aromatic carbocycles. The third kappa shape index (κ3) is 3.03. The number of halogens is 1. The largest absolute Gasteiger partial charge is 0.481 e. The summed E-state index contributed by atoms with van der Waals surface area (Å²) in [6.45, 7) is 3.20. The molecule has 1 aromatic heterocycles. The van der Waals surface area contributed by atoms with E-state index in [9.17, 15) is 4.79 Å². The van der Waals surface area contributed by atoms with Crippen molar-refractivity contribution >= 4 is 17.6 Å². The Kier molecular flexibility index (Phi) is 3.92. The number of rotatable bonds is 6. The molecule has 1 saturated carbocycles. The third-order valence-electron chi connectivity index (χ3n) is 3.31. The van der Waals surface area contributed by atoms with Gasteiger partial charge in [0.1, 0.15) is 5.15 Å². The molecule has 0 aliphatic heterocycles.